The van der Waals surface area contributed by atoms with Crippen LogP contribution in [0.2, 0.25) is 0 Å². The maximum Gasteiger partial charge on any atom is 0.0471 e. The van der Waals surface area contributed by atoms with Crippen LogP contribution in [0, 0.1) is 6.92 Å². The van der Waals surface area contributed by atoms with Gasteiger partial charge in [0.25, 0.3) is 0 Å². The molecule has 0 spiro atoms. The fourth-order valence-corrected chi connectivity index (χ4v) is 2.58. The molecule has 0 N–H and O–H groups in total. The van der Waals surface area contributed by atoms with E-state index in [9.17, 15) is 0 Å². The maximum absolute atomic E-state index is 4.12. The largest absolute Gasteiger partial charge is 0.344 e. The van der Waals surface area contributed by atoms with Gasteiger partial charge in [0, 0.05) is 24.0 Å². The molecule has 1 heterocycles. The van der Waals surface area contributed by atoms with Gasteiger partial charge < -0.3 is 9.80 Å². The van der Waals surface area contributed by atoms with E-state index in [4.69, 9.17) is 0 Å². The lowest BCUT2D eigenvalue weighted by Gasteiger charge is -2.40. The molecule has 0 aliphatic carbocycles. The molecule has 0 radical (unpaired) electrons. The summed E-state index contributed by atoms with van der Waals surface area (Å²) < 4.78 is 0. The standard InChI is InChI=1S/C15H22N2/c1-11(2)17-10-14(16(4)5)9-13-8-6-7-12(3)15(13)17/h6-8,14H,1,9-10H2,2-5H3. The predicted octanol–water partition coefficient (Wildman–Crippen LogP) is 2.82. The van der Waals surface area contributed by atoms with Gasteiger partial charge in [0.2, 0.25) is 0 Å². The third-order valence-corrected chi connectivity index (χ3v) is 3.63. The molecule has 1 aromatic carbocycles. The summed E-state index contributed by atoms with van der Waals surface area (Å²) in [5.41, 5.74) is 5.30. The van der Waals surface area contributed by atoms with Crippen LogP contribution in [-0.4, -0.2) is 31.6 Å². The Hall–Kier alpha value is -1.28. The van der Waals surface area contributed by atoms with Gasteiger partial charge in [-0.1, -0.05) is 24.8 Å². The fourth-order valence-electron chi connectivity index (χ4n) is 2.58. The number of rotatable bonds is 2. The molecule has 0 amide bonds. The molecular formula is C15H22N2. The van der Waals surface area contributed by atoms with E-state index in [1.807, 2.05) is 0 Å². The molecule has 1 aliphatic rings. The summed E-state index contributed by atoms with van der Waals surface area (Å²) in [7, 11) is 4.31. The van der Waals surface area contributed by atoms with Crippen LogP contribution in [-0.2, 0) is 6.42 Å². The lowest BCUT2D eigenvalue weighted by molar-refractivity contribution is 0.289. The zero-order valence-corrected chi connectivity index (χ0v) is 11.3. The Bertz CT molecular complexity index is 435. The summed E-state index contributed by atoms with van der Waals surface area (Å²) in [6, 6.07) is 7.16. The minimum absolute atomic E-state index is 0.570. The van der Waals surface area contributed by atoms with E-state index < -0.39 is 0 Å². The Morgan fingerprint density at radius 1 is 1.41 bits per heavy atom. The summed E-state index contributed by atoms with van der Waals surface area (Å²) in [4.78, 5) is 4.67. The molecule has 2 heteroatoms. The summed E-state index contributed by atoms with van der Waals surface area (Å²) in [6.07, 6.45) is 1.13. The first-order valence-corrected chi connectivity index (χ1v) is 6.18. The molecule has 2 nitrogen and oxygen atoms in total. The quantitative estimate of drug-likeness (QED) is 0.771. The number of hydrogen-bond acceptors (Lipinski definition) is 2. The molecule has 0 aromatic heterocycles. The van der Waals surface area contributed by atoms with Crippen molar-refractivity contribution in [3.8, 4) is 0 Å². The van der Waals surface area contributed by atoms with Crippen LogP contribution in [0.5, 0.6) is 0 Å². The predicted molar refractivity (Wildman–Crippen MR) is 74.5 cm³/mol. The van der Waals surface area contributed by atoms with Gasteiger partial charge >= 0.3 is 0 Å². The van der Waals surface area contributed by atoms with E-state index in [0.717, 1.165) is 18.7 Å². The average Bonchev–Trinajstić information content (AvgIpc) is 2.27. The van der Waals surface area contributed by atoms with Gasteiger partial charge in [-0.05, 0) is 45.5 Å². The zero-order valence-electron chi connectivity index (χ0n) is 11.3. The van der Waals surface area contributed by atoms with Crippen LogP contribution in [0.25, 0.3) is 0 Å². The van der Waals surface area contributed by atoms with E-state index in [1.165, 1.54) is 16.8 Å². The second-order valence-electron chi connectivity index (χ2n) is 5.25. The van der Waals surface area contributed by atoms with Crippen molar-refractivity contribution in [3.05, 3.63) is 41.6 Å². The monoisotopic (exact) mass is 230 g/mol. The number of aryl methyl sites for hydroxylation is 1. The van der Waals surface area contributed by atoms with Crippen molar-refractivity contribution in [1.29, 1.82) is 0 Å². The van der Waals surface area contributed by atoms with Crippen LogP contribution >= 0.6 is 0 Å². The molecule has 1 atom stereocenters. The van der Waals surface area contributed by atoms with Crippen LogP contribution in [0.4, 0.5) is 5.69 Å². The summed E-state index contributed by atoms with van der Waals surface area (Å²) in [5, 5.41) is 0. The molecule has 0 saturated heterocycles. The molecule has 1 unspecified atom stereocenters. The summed E-state index contributed by atoms with van der Waals surface area (Å²) >= 11 is 0. The maximum atomic E-state index is 4.12. The van der Waals surface area contributed by atoms with Gasteiger partial charge in [-0.2, -0.15) is 0 Å². The van der Waals surface area contributed by atoms with Gasteiger partial charge in [-0.25, -0.2) is 0 Å². The third-order valence-electron chi connectivity index (χ3n) is 3.63. The van der Waals surface area contributed by atoms with Crippen molar-refractivity contribution in [1.82, 2.24) is 4.90 Å². The summed E-state index contributed by atoms with van der Waals surface area (Å²) in [5.74, 6) is 0. The van der Waals surface area contributed by atoms with Gasteiger partial charge in [0.15, 0.2) is 0 Å². The third kappa shape index (κ3) is 2.22. The Morgan fingerprint density at radius 2 is 2.12 bits per heavy atom. The fraction of sp³-hybridized carbons (Fsp3) is 0.467. The molecular weight excluding hydrogens is 208 g/mol. The van der Waals surface area contributed by atoms with Gasteiger partial charge in [-0.15, -0.1) is 0 Å². The lowest BCUT2D eigenvalue weighted by atomic mass is 9.94. The molecule has 92 valence electrons. The van der Waals surface area contributed by atoms with E-state index in [-0.39, 0.29) is 0 Å². The topological polar surface area (TPSA) is 6.48 Å². The van der Waals surface area contributed by atoms with Crippen molar-refractivity contribution in [3.63, 3.8) is 0 Å². The molecule has 0 bridgehead atoms. The molecule has 2 rings (SSSR count). The van der Waals surface area contributed by atoms with Crippen molar-refractivity contribution in [2.24, 2.45) is 0 Å². The van der Waals surface area contributed by atoms with Crippen molar-refractivity contribution in [2.45, 2.75) is 26.3 Å². The first-order chi connectivity index (χ1) is 8.00. The Kier molecular flexibility index (Phi) is 3.25. The van der Waals surface area contributed by atoms with Crippen molar-refractivity contribution >= 4 is 5.69 Å². The highest BCUT2D eigenvalue weighted by molar-refractivity contribution is 5.64. The Morgan fingerprint density at radius 3 is 2.71 bits per heavy atom. The highest BCUT2D eigenvalue weighted by Crippen LogP contribution is 2.33. The summed E-state index contributed by atoms with van der Waals surface area (Å²) in [6.45, 7) is 9.44. The number of allylic oxidation sites excluding steroid dienone is 1. The van der Waals surface area contributed by atoms with Crippen LogP contribution in [0.1, 0.15) is 18.1 Å². The lowest BCUT2D eigenvalue weighted by Crippen LogP contribution is -2.45. The van der Waals surface area contributed by atoms with Crippen LogP contribution in [0.15, 0.2) is 30.5 Å². The zero-order chi connectivity index (χ0) is 12.6. The van der Waals surface area contributed by atoms with E-state index in [1.54, 1.807) is 0 Å². The minimum atomic E-state index is 0.570. The molecule has 1 aromatic rings. The second-order valence-corrected chi connectivity index (χ2v) is 5.25. The normalized spacial score (nSPS) is 19.4. The smallest absolute Gasteiger partial charge is 0.0471 e. The number of fused-ring (bicyclic) bond motifs is 1. The van der Waals surface area contributed by atoms with Crippen LogP contribution in [0.3, 0.4) is 0 Å². The SMILES string of the molecule is C=C(C)N1CC(N(C)C)Cc2cccc(C)c21. The number of hydrogen-bond donors (Lipinski definition) is 0. The van der Waals surface area contributed by atoms with Gasteiger partial charge in [0.05, 0.1) is 0 Å². The number of para-hydroxylation sites is 1. The van der Waals surface area contributed by atoms with Crippen molar-refractivity contribution < 1.29 is 0 Å². The minimum Gasteiger partial charge on any atom is -0.344 e. The van der Waals surface area contributed by atoms with E-state index in [2.05, 4.69) is 62.5 Å². The number of anilines is 1. The Balaban J connectivity index is 2.46. The first-order valence-electron chi connectivity index (χ1n) is 6.18. The van der Waals surface area contributed by atoms with Gasteiger partial charge in [-0.3, -0.25) is 0 Å². The first kappa shape index (κ1) is 12.2. The highest BCUT2D eigenvalue weighted by atomic mass is 15.2. The second kappa shape index (κ2) is 4.53. The molecule has 1 aliphatic heterocycles. The van der Waals surface area contributed by atoms with E-state index in [0.29, 0.717) is 6.04 Å². The van der Waals surface area contributed by atoms with Crippen molar-refractivity contribution in [2.75, 3.05) is 25.5 Å². The molecule has 17 heavy (non-hydrogen) atoms. The van der Waals surface area contributed by atoms with E-state index >= 15 is 0 Å². The highest BCUT2D eigenvalue weighted by Gasteiger charge is 2.26. The molecule has 0 fully saturated rings. The number of benzene rings is 1. The average molecular weight is 230 g/mol. The molecule has 0 saturated carbocycles. The number of likely N-dealkylation sites (N-methyl/N-ethyl adjacent to an activating group) is 1. The van der Waals surface area contributed by atoms with Crippen LogP contribution < -0.4 is 4.90 Å². The van der Waals surface area contributed by atoms with Gasteiger partial charge in [0.1, 0.15) is 0 Å². The number of nitrogens with zero attached hydrogens (tertiary/aromatic N) is 2. The Labute approximate surface area is 105 Å².